The van der Waals surface area contributed by atoms with E-state index >= 15 is 0 Å². The fourth-order valence-electron chi connectivity index (χ4n) is 1.99. The van der Waals surface area contributed by atoms with E-state index in [-0.39, 0.29) is 0 Å². The number of aliphatic hydroxyl groups is 1. The van der Waals surface area contributed by atoms with Crippen molar-refractivity contribution in [1.29, 1.82) is 0 Å². The van der Waals surface area contributed by atoms with Gasteiger partial charge in [-0.05, 0) is 20.9 Å². The summed E-state index contributed by atoms with van der Waals surface area (Å²) in [4.78, 5) is 4.67. The second kappa shape index (κ2) is 5.80. The number of rotatable bonds is 5. The number of hydrogen-bond donors (Lipinski definition) is 2. The molecule has 15 heavy (non-hydrogen) atoms. The van der Waals surface area contributed by atoms with E-state index in [2.05, 4.69) is 22.2 Å². The average molecular weight is 215 g/mol. The zero-order valence-electron chi connectivity index (χ0n) is 10.3. The smallest absolute Gasteiger partial charge is 0.0718 e. The topological polar surface area (TPSA) is 38.7 Å². The molecule has 0 aromatic rings. The Hall–Kier alpha value is -0.160. The molecule has 4 heteroatoms. The van der Waals surface area contributed by atoms with Gasteiger partial charge in [-0.1, -0.05) is 0 Å². The van der Waals surface area contributed by atoms with Gasteiger partial charge in [0.25, 0.3) is 0 Å². The molecule has 4 nitrogen and oxygen atoms in total. The second-order valence-electron chi connectivity index (χ2n) is 5.14. The van der Waals surface area contributed by atoms with E-state index in [1.165, 1.54) is 0 Å². The van der Waals surface area contributed by atoms with Crippen LogP contribution < -0.4 is 5.32 Å². The summed E-state index contributed by atoms with van der Waals surface area (Å²) in [5.74, 6) is 0. The lowest BCUT2D eigenvalue weighted by atomic mass is 10.1. The number of hydrogen-bond acceptors (Lipinski definition) is 4. The Bertz CT molecular complexity index is 173. The van der Waals surface area contributed by atoms with E-state index in [1.807, 2.05) is 13.8 Å². The molecule has 0 bridgehead atoms. The van der Waals surface area contributed by atoms with Crippen molar-refractivity contribution in [3.63, 3.8) is 0 Å². The minimum atomic E-state index is -0.585. The van der Waals surface area contributed by atoms with Gasteiger partial charge in [0.2, 0.25) is 0 Å². The second-order valence-corrected chi connectivity index (χ2v) is 5.14. The molecule has 0 unspecified atom stereocenters. The molecular weight excluding hydrogens is 190 g/mol. The zero-order valence-corrected chi connectivity index (χ0v) is 10.3. The highest BCUT2D eigenvalue weighted by atomic mass is 16.3. The molecule has 90 valence electrons. The quantitative estimate of drug-likeness (QED) is 0.654. The van der Waals surface area contributed by atoms with Gasteiger partial charge in [-0.15, -0.1) is 0 Å². The van der Waals surface area contributed by atoms with Crippen molar-refractivity contribution in [3.05, 3.63) is 0 Å². The molecule has 0 amide bonds. The predicted octanol–water partition coefficient (Wildman–Crippen LogP) is -0.406. The van der Waals surface area contributed by atoms with Crippen LogP contribution in [-0.2, 0) is 0 Å². The SMILES string of the molecule is CN(CCN1CCNCC1)CC(C)(C)O. The first kappa shape index (κ1) is 12.9. The molecule has 2 N–H and O–H groups in total. The number of piperazine rings is 1. The first-order valence-corrected chi connectivity index (χ1v) is 5.81. The third-order valence-electron chi connectivity index (χ3n) is 2.66. The molecule has 0 aromatic heterocycles. The lowest BCUT2D eigenvalue weighted by Gasteiger charge is -2.31. The highest BCUT2D eigenvalue weighted by molar-refractivity contribution is 4.72. The lowest BCUT2D eigenvalue weighted by Crippen LogP contribution is -2.47. The average Bonchev–Trinajstić information content (AvgIpc) is 2.14. The van der Waals surface area contributed by atoms with E-state index in [1.54, 1.807) is 0 Å². The molecule has 1 heterocycles. The van der Waals surface area contributed by atoms with Gasteiger partial charge >= 0.3 is 0 Å². The van der Waals surface area contributed by atoms with Gasteiger partial charge in [0, 0.05) is 45.8 Å². The van der Waals surface area contributed by atoms with Gasteiger partial charge in [0.1, 0.15) is 0 Å². The standard InChI is InChI=1S/C11H25N3O/c1-11(2,15)10-13(3)8-9-14-6-4-12-5-7-14/h12,15H,4-10H2,1-3H3. The van der Waals surface area contributed by atoms with Gasteiger partial charge in [0.05, 0.1) is 5.60 Å². The maximum absolute atomic E-state index is 9.66. The van der Waals surface area contributed by atoms with Crippen LogP contribution in [0, 0.1) is 0 Å². The van der Waals surface area contributed by atoms with E-state index in [0.717, 1.165) is 45.8 Å². The van der Waals surface area contributed by atoms with E-state index in [9.17, 15) is 5.11 Å². The Morgan fingerprint density at radius 3 is 2.47 bits per heavy atom. The fourth-order valence-corrected chi connectivity index (χ4v) is 1.99. The van der Waals surface area contributed by atoms with Gasteiger partial charge in [0.15, 0.2) is 0 Å². The van der Waals surface area contributed by atoms with Crippen LogP contribution in [-0.4, -0.2) is 73.4 Å². The van der Waals surface area contributed by atoms with Gasteiger partial charge in [-0.3, -0.25) is 4.90 Å². The highest BCUT2D eigenvalue weighted by Gasteiger charge is 2.16. The molecule has 1 saturated heterocycles. The lowest BCUT2D eigenvalue weighted by molar-refractivity contribution is 0.0414. The Labute approximate surface area is 93.2 Å². The minimum absolute atomic E-state index is 0.585. The Kier molecular flexibility index (Phi) is 4.99. The van der Waals surface area contributed by atoms with Crippen molar-refractivity contribution in [2.45, 2.75) is 19.4 Å². The Morgan fingerprint density at radius 2 is 1.93 bits per heavy atom. The molecule has 1 aliphatic heterocycles. The van der Waals surface area contributed by atoms with Crippen LogP contribution in [0.25, 0.3) is 0 Å². The summed E-state index contributed by atoms with van der Waals surface area (Å²) < 4.78 is 0. The number of likely N-dealkylation sites (N-methyl/N-ethyl adjacent to an activating group) is 1. The Balaban J connectivity index is 2.12. The van der Waals surface area contributed by atoms with Crippen molar-refractivity contribution in [3.8, 4) is 0 Å². The largest absolute Gasteiger partial charge is 0.389 e. The highest BCUT2D eigenvalue weighted by Crippen LogP contribution is 2.03. The molecule has 0 atom stereocenters. The van der Waals surface area contributed by atoms with Crippen molar-refractivity contribution in [1.82, 2.24) is 15.1 Å². The van der Waals surface area contributed by atoms with Crippen molar-refractivity contribution in [2.24, 2.45) is 0 Å². The fraction of sp³-hybridized carbons (Fsp3) is 1.00. The van der Waals surface area contributed by atoms with Crippen LogP contribution in [0.15, 0.2) is 0 Å². The first-order chi connectivity index (χ1) is 6.97. The number of nitrogens with one attached hydrogen (secondary N) is 1. The molecule has 0 radical (unpaired) electrons. The summed E-state index contributed by atoms with van der Waals surface area (Å²) >= 11 is 0. The summed E-state index contributed by atoms with van der Waals surface area (Å²) in [5, 5.41) is 13.0. The van der Waals surface area contributed by atoms with Crippen molar-refractivity contribution >= 4 is 0 Å². The van der Waals surface area contributed by atoms with Crippen molar-refractivity contribution in [2.75, 3.05) is 52.9 Å². The predicted molar refractivity (Wildman–Crippen MR) is 63.1 cm³/mol. The summed E-state index contributed by atoms with van der Waals surface area (Å²) in [5.41, 5.74) is -0.585. The molecule has 0 spiro atoms. The monoisotopic (exact) mass is 215 g/mol. The van der Waals surface area contributed by atoms with Gasteiger partial charge in [-0.2, -0.15) is 0 Å². The molecule has 0 aliphatic carbocycles. The van der Waals surface area contributed by atoms with Gasteiger partial charge in [-0.25, -0.2) is 0 Å². The van der Waals surface area contributed by atoms with Crippen LogP contribution in [0.5, 0.6) is 0 Å². The van der Waals surface area contributed by atoms with Crippen LogP contribution in [0.4, 0.5) is 0 Å². The van der Waals surface area contributed by atoms with Gasteiger partial charge < -0.3 is 15.3 Å². The van der Waals surface area contributed by atoms with E-state index < -0.39 is 5.60 Å². The number of nitrogens with zero attached hydrogens (tertiary/aromatic N) is 2. The van der Waals surface area contributed by atoms with E-state index in [0.29, 0.717) is 0 Å². The first-order valence-electron chi connectivity index (χ1n) is 5.81. The Morgan fingerprint density at radius 1 is 1.33 bits per heavy atom. The van der Waals surface area contributed by atoms with Crippen LogP contribution in [0.2, 0.25) is 0 Å². The van der Waals surface area contributed by atoms with Crippen LogP contribution in [0.1, 0.15) is 13.8 Å². The van der Waals surface area contributed by atoms with Crippen LogP contribution >= 0.6 is 0 Å². The molecule has 0 saturated carbocycles. The third-order valence-corrected chi connectivity index (χ3v) is 2.66. The summed E-state index contributed by atoms with van der Waals surface area (Å²) in [7, 11) is 2.07. The van der Waals surface area contributed by atoms with E-state index in [4.69, 9.17) is 0 Å². The minimum Gasteiger partial charge on any atom is -0.389 e. The third kappa shape index (κ3) is 6.10. The zero-order chi connectivity index (χ0) is 11.3. The molecule has 0 aromatic carbocycles. The summed E-state index contributed by atoms with van der Waals surface area (Å²) in [6.45, 7) is 11.1. The maximum Gasteiger partial charge on any atom is 0.0718 e. The van der Waals surface area contributed by atoms with Crippen molar-refractivity contribution < 1.29 is 5.11 Å². The molecule has 1 fully saturated rings. The molecular formula is C11H25N3O. The summed E-state index contributed by atoms with van der Waals surface area (Å²) in [6, 6.07) is 0. The molecule has 1 rings (SSSR count). The van der Waals surface area contributed by atoms with Crippen LogP contribution in [0.3, 0.4) is 0 Å². The maximum atomic E-state index is 9.66. The normalized spacial score (nSPS) is 19.8. The molecule has 1 aliphatic rings. The summed E-state index contributed by atoms with van der Waals surface area (Å²) in [6.07, 6.45) is 0.